The van der Waals surface area contributed by atoms with Crippen LogP contribution in [0.4, 0.5) is 5.69 Å². The zero-order chi connectivity index (χ0) is 15.0. The lowest BCUT2D eigenvalue weighted by atomic mass is 10.3. The second-order valence-corrected chi connectivity index (χ2v) is 6.01. The van der Waals surface area contributed by atoms with Crippen molar-refractivity contribution in [2.45, 2.75) is 4.90 Å². The standard InChI is InChI=1S/C13H10N2O5S/c16-9-3-1-8(2-4-9)15-21(18,19)10-5-6-11-12(7-10)20-13(17)14-11/h1-7,15-16H,(H,14,17). The van der Waals surface area contributed by atoms with Crippen molar-refractivity contribution in [1.82, 2.24) is 4.98 Å². The number of hydrogen-bond donors (Lipinski definition) is 3. The molecule has 0 atom stereocenters. The highest BCUT2D eigenvalue weighted by molar-refractivity contribution is 7.92. The molecule has 0 saturated carbocycles. The summed E-state index contributed by atoms with van der Waals surface area (Å²) in [4.78, 5) is 13.5. The van der Waals surface area contributed by atoms with Gasteiger partial charge in [0.05, 0.1) is 10.4 Å². The molecule has 0 bridgehead atoms. The van der Waals surface area contributed by atoms with Gasteiger partial charge in [-0.1, -0.05) is 0 Å². The normalized spacial score (nSPS) is 11.6. The first-order valence-corrected chi connectivity index (χ1v) is 7.37. The molecule has 1 aromatic heterocycles. The summed E-state index contributed by atoms with van der Waals surface area (Å²) in [5.41, 5.74) is 0.889. The van der Waals surface area contributed by atoms with Crippen LogP contribution in [0.15, 0.2) is 56.6 Å². The molecule has 7 nitrogen and oxygen atoms in total. The maximum absolute atomic E-state index is 12.2. The van der Waals surface area contributed by atoms with Crippen LogP contribution in [0.5, 0.6) is 5.75 Å². The number of aromatic amines is 1. The lowest BCUT2D eigenvalue weighted by Crippen LogP contribution is -2.12. The van der Waals surface area contributed by atoms with Crippen molar-refractivity contribution in [3.05, 3.63) is 53.0 Å². The van der Waals surface area contributed by atoms with Crippen LogP contribution in [-0.4, -0.2) is 18.5 Å². The van der Waals surface area contributed by atoms with E-state index in [1.807, 2.05) is 0 Å². The van der Waals surface area contributed by atoms with Crippen LogP contribution in [0.2, 0.25) is 0 Å². The van der Waals surface area contributed by atoms with E-state index >= 15 is 0 Å². The Morgan fingerprint density at radius 3 is 2.52 bits per heavy atom. The van der Waals surface area contributed by atoms with E-state index in [0.29, 0.717) is 11.2 Å². The van der Waals surface area contributed by atoms with E-state index < -0.39 is 15.8 Å². The van der Waals surface area contributed by atoms with Gasteiger partial charge in [-0.15, -0.1) is 0 Å². The first-order valence-electron chi connectivity index (χ1n) is 5.89. The molecular weight excluding hydrogens is 296 g/mol. The van der Waals surface area contributed by atoms with Crippen molar-refractivity contribution >= 4 is 26.8 Å². The maximum Gasteiger partial charge on any atom is 0.417 e. The summed E-state index contributed by atoms with van der Waals surface area (Å²) in [6.45, 7) is 0. The number of nitrogens with one attached hydrogen (secondary N) is 2. The SMILES string of the molecule is O=c1[nH]c2ccc(S(=O)(=O)Nc3ccc(O)cc3)cc2o1. The maximum atomic E-state index is 12.2. The molecule has 2 aromatic carbocycles. The molecule has 0 aliphatic heterocycles. The van der Waals surface area contributed by atoms with Crippen LogP contribution in [0.3, 0.4) is 0 Å². The summed E-state index contributed by atoms with van der Waals surface area (Å²) in [6.07, 6.45) is 0. The molecule has 1 heterocycles. The van der Waals surface area contributed by atoms with Crippen molar-refractivity contribution in [2.75, 3.05) is 4.72 Å². The van der Waals surface area contributed by atoms with E-state index in [2.05, 4.69) is 9.71 Å². The van der Waals surface area contributed by atoms with Crippen molar-refractivity contribution in [2.24, 2.45) is 0 Å². The highest BCUT2D eigenvalue weighted by Gasteiger charge is 2.16. The predicted octanol–water partition coefficient (Wildman–Crippen LogP) is 1.63. The van der Waals surface area contributed by atoms with Gasteiger partial charge in [0.2, 0.25) is 0 Å². The van der Waals surface area contributed by atoms with Gasteiger partial charge in [0.25, 0.3) is 10.0 Å². The zero-order valence-electron chi connectivity index (χ0n) is 10.5. The minimum absolute atomic E-state index is 0.0356. The molecule has 0 aliphatic carbocycles. The van der Waals surface area contributed by atoms with Crippen molar-refractivity contribution in [1.29, 1.82) is 0 Å². The van der Waals surface area contributed by atoms with Crippen LogP contribution in [0, 0.1) is 0 Å². The first kappa shape index (κ1) is 13.3. The van der Waals surface area contributed by atoms with E-state index in [4.69, 9.17) is 4.42 Å². The Labute approximate surface area is 118 Å². The fraction of sp³-hybridized carbons (Fsp3) is 0. The minimum Gasteiger partial charge on any atom is -0.508 e. The lowest BCUT2D eigenvalue weighted by molar-refractivity contribution is 0.475. The molecule has 0 unspecified atom stereocenters. The number of benzene rings is 2. The predicted molar refractivity (Wildman–Crippen MR) is 75.8 cm³/mol. The van der Waals surface area contributed by atoms with Crippen molar-refractivity contribution in [3.63, 3.8) is 0 Å². The quantitative estimate of drug-likeness (QED) is 0.637. The van der Waals surface area contributed by atoms with Gasteiger partial charge in [0.15, 0.2) is 5.58 Å². The van der Waals surface area contributed by atoms with Gasteiger partial charge in [-0.25, -0.2) is 13.2 Å². The van der Waals surface area contributed by atoms with Crippen LogP contribution >= 0.6 is 0 Å². The first-order chi connectivity index (χ1) is 9.94. The summed E-state index contributed by atoms with van der Waals surface area (Å²) in [5.74, 6) is -0.612. The van der Waals surface area contributed by atoms with Crippen LogP contribution in [0.1, 0.15) is 0 Å². The minimum atomic E-state index is -3.82. The Morgan fingerprint density at radius 2 is 1.81 bits per heavy atom. The van der Waals surface area contributed by atoms with E-state index in [-0.39, 0.29) is 16.2 Å². The average molecular weight is 306 g/mol. The number of hydrogen-bond acceptors (Lipinski definition) is 5. The molecule has 3 rings (SSSR count). The molecule has 3 aromatic rings. The number of phenolic OH excluding ortho intramolecular Hbond substituents is 1. The third kappa shape index (κ3) is 2.61. The average Bonchev–Trinajstić information content (AvgIpc) is 2.80. The fourth-order valence-electron chi connectivity index (χ4n) is 1.84. The highest BCUT2D eigenvalue weighted by Crippen LogP contribution is 2.21. The lowest BCUT2D eigenvalue weighted by Gasteiger charge is -2.07. The number of anilines is 1. The zero-order valence-corrected chi connectivity index (χ0v) is 11.3. The summed E-state index contributed by atoms with van der Waals surface area (Å²) >= 11 is 0. The van der Waals surface area contributed by atoms with Gasteiger partial charge >= 0.3 is 5.76 Å². The Balaban J connectivity index is 1.99. The highest BCUT2D eigenvalue weighted by atomic mass is 32.2. The van der Waals surface area contributed by atoms with Gasteiger partial charge in [0, 0.05) is 11.8 Å². The molecule has 0 fully saturated rings. The molecular formula is C13H10N2O5S. The number of oxazole rings is 1. The topological polar surface area (TPSA) is 112 Å². The fourth-order valence-corrected chi connectivity index (χ4v) is 2.91. The Bertz CT molecular complexity index is 954. The molecule has 0 aliphatic rings. The van der Waals surface area contributed by atoms with Gasteiger partial charge in [0.1, 0.15) is 5.75 Å². The number of aromatic nitrogens is 1. The second kappa shape index (κ2) is 4.67. The Kier molecular flexibility index (Phi) is 2.95. The third-order valence-electron chi connectivity index (χ3n) is 2.82. The smallest absolute Gasteiger partial charge is 0.417 e. The van der Waals surface area contributed by atoms with Crippen LogP contribution < -0.4 is 10.5 Å². The number of phenols is 1. The van der Waals surface area contributed by atoms with Gasteiger partial charge in [-0.2, -0.15) is 0 Å². The number of H-pyrrole nitrogens is 1. The summed E-state index contributed by atoms with van der Waals surface area (Å²) in [6, 6.07) is 9.67. The largest absolute Gasteiger partial charge is 0.508 e. The number of fused-ring (bicyclic) bond motifs is 1. The van der Waals surface area contributed by atoms with Crippen molar-refractivity contribution in [3.8, 4) is 5.75 Å². The number of aromatic hydroxyl groups is 1. The second-order valence-electron chi connectivity index (χ2n) is 4.32. The Hall–Kier alpha value is -2.74. The third-order valence-corrected chi connectivity index (χ3v) is 4.20. The molecule has 0 amide bonds. The monoisotopic (exact) mass is 306 g/mol. The van der Waals surface area contributed by atoms with E-state index in [0.717, 1.165) is 0 Å². The van der Waals surface area contributed by atoms with Gasteiger partial charge < -0.3 is 9.52 Å². The van der Waals surface area contributed by atoms with Crippen LogP contribution in [0.25, 0.3) is 11.1 Å². The number of rotatable bonds is 3. The Morgan fingerprint density at radius 1 is 1.10 bits per heavy atom. The van der Waals surface area contributed by atoms with Crippen molar-refractivity contribution < 1.29 is 17.9 Å². The van der Waals surface area contributed by atoms with Crippen LogP contribution in [-0.2, 0) is 10.0 Å². The molecule has 0 spiro atoms. The molecule has 108 valence electrons. The molecule has 8 heteroatoms. The number of sulfonamides is 1. The molecule has 0 radical (unpaired) electrons. The van der Waals surface area contributed by atoms with E-state index in [1.54, 1.807) is 0 Å². The van der Waals surface area contributed by atoms with Gasteiger partial charge in [-0.05, 0) is 36.4 Å². The summed E-state index contributed by atoms with van der Waals surface area (Å²) in [7, 11) is -3.82. The van der Waals surface area contributed by atoms with E-state index in [1.165, 1.54) is 42.5 Å². The summed E-state index contributed by atoms with van der Waals surface area (Å²) in [5, 5.41) is 9.17. The molecule has 3 N–H and O–H groups in total. The summed E-state index contributed by atoms with van der Waals surface area (Å²) < 4.78 is 31.7. The molecule has 0 saturated heterocycles. The molecule has 21 heavy (non-hydrogen) atoms. The van der Waals surface area contributed by atoms with E-state index in [9.17, 15) is 18.3 Å². The van der Waals surface area contributed by atoms with Gasteiger partial charge in [-0.3, -0.25) is 9.71 Å².